The zero-order valence-electron chi connectivity index (χ0n) is 23.2. The predicted molar refractivity (Wildman–Crippen MR) is 165 cm³/mol. The summed E-state index contributed by atoms with van der Waals surface area (Å²) < 4.78 is 2.18. The molecule has 0 saturated heterocycles. The van der Waals surface area contributed by atoms with Crippen LogP contribution in [0.1, 0.15) is 41.5 Å². The van der Waals surface area contributed by atoms with Gasteiger partial charge >= 0.3 is 5.97 Å². The van der Waals surface area contributed by atoms with Gasteiger partial charge in [0.05, 0.1) is 17.4 Å². The van der Waals surface area contributed by atoms with Gasteiger partial charge in [0.15, 0.2) is 5.54 Å². The molecule has 4 rings (SSSR count). The van der Waals surface area contributed by atoms with E-state index < -0.39 is 23.0 Å². The molecule has 0 fully saturated rings. The van der Waals surface area contributed by atoms with E-state index in [1.807, 2.05) is 49.3 Å². The molecule has 1 unspecified atom stereocenters. The number of halogens is 2. The minimum Gasteiger partial charge on any atom is -0.479 e. The smallest absolute Gasteiger partial charge is 0.337 e. The summed E-state index contributed by atoms with van der Waals surface area (Å²) in [7, 11) is 3.83. The van der Waals surface area contributed by atoms with Crippen molar-refractivity contribution in [3.8, 4) is 0 Å². The van der Waals surface area contributed by atoms with Gasteiger partial charge < -0.3 is 14.9 Å². The Morgan fingerprint density at radius 3 is 2.32 bits per heavy atom. The van der Waals surface area contributed by atoms with Crippen LogP contribution >= 0.6 is 27.5 Å². The topological polar surface area (TPSA) is 95.7 Å². The molecule has 0 aliphatic rings. The number of carbonyl (C=O) groups excluding carboxylic acids is 1. The Morgan fingerprint density at radius 1 is 1.02 bits per heavy atom. The second-order valence-electron chi connectivity index (χ2n) is 10.1. The molecule has 10 heteroatoms. The lowest BCUT2D eigenvalue weighted by Gasteiger charge is -2.41. The molecule has 0 aliphatic carbocycles. The van der Waals surface area contributed by atoms with E-state index in [1.54, 1.807) is 49.4 Å². The van der Waals surface area contributed by atoms with Crippen molar-refractivity contribution in [3.63, 3.8) is 0 Å². The molecular formula is C31H32BrClN4O4. The van der Waals surface area contributed by atoms with Gasteiger partial charge in [-0.15, -0.1) is 0 Å². The summed E-state index contributed by atoms with van der Waals surface area (Å²) >= 11 is 9.67. The van der Waals surface area contributed by atoms with Crippen molar-refractivity contribution in [2.45, 2.75) is 31.8 Å². The number of benzene rings is 3. The Balaban J connectivity index is 2.02. The van der Waals surface area contributed by atoms with Crippen molar-refractivity contribution < 1.29 is 14.7 Å². The molecule has 0 aliphatic heterocycles. The van der Waals surface area contributed by atoms with Gasteiger partial charge in [-0.3, -0.25) is 14.2 Å². The van der Waals surface area contributed by atoms with Gasteiger partial charge in [-0.25, -0.2) is 9.78 Å². The van der Waals surface area contributed by atoms with Crippen LogP contribution in [-0.4, -0.2) is 63.5 Å². The van der Waals surface area contributed by atoms with Crippen LogP contribution in [0.2, 0.25) is 5.02 Å². The summed E-state index contributed by atoms with van der Waals surface area (Å²) in [6.45, 7) is 2.53. The van der Waals surface area contributed by atoms with E-state index in [4.69, 9.17) is 16.6 Å². The highest BCUT2D eigenvalue weighted by Crippen LogP contribution is 2.35. The van der Waals surface area contributed by atoms with Gasteiger partial charge in [-0.1, -0.05) is 64.8 Å². The Morgan fingerprint density at radius 2 is 1.71 bits per heavy atom. The van der Waals surface area contributed by atoms with Crippen molar-refractivity contribution in [1.29, 1.82) is 0 Å². The number of carboxylic acids is 1. The molecule has 1 N–H and O–H groups in total. The van der Waals surface area contributed by atoms with Crippen LogP contribution in [0.25, 0.3) is 10.9 Å². The van der Waals surface area contributed by atoms with Crippen molar-refractivity contribution in [2.75, 3.05) is 27.2 Å². The summed E-state index contributed by atoms with van der Waals surface area (Å²) in [4.78, 5) is 49.8. The zero-order valence-corrected chi connectivity index (χ0v) is 25.5. The summed E-state index contributed by atoms with van der Waals surface area (Å²) in [5.41, 5.74) is -0.974. The molecule has 0 spiro atoms. The zero-order chi connectivity index (χ0) is 29.7. The molecule has 214 valence electrons. The number of carboxylic acid groups (broad SMARTS) is 1. The van der Waals surface area contributed by atoms with Gasteiger partial charge in [-0.2, -0.15) is 0 Å². The minimum atomic E-state index is -1.96. The SMILES string of the molecule is CCC(C(=O)O)(c1nc2cc(Cl)ccc2c(=O)n1Cc1ccccc1)N(CCCN(C)C)C(=O)c1ccc(Br)cc1. The Bertz CT molecular complexity index is 1610. The van der Waals surface area contributed by atoms with Crippen LogP contribution in [0.3, 0.4) is 0 Å². The minimum absolute atomic E-state index is 0.0218. The molecule has 8 nitrogen and oxygen atoms in total. The lowest BCUT2D eigenvalue weighted by atomic mass is 9.90. The highest BCUT2D eigenvalue weighted by molar-refractivity contribution is 9.10. The van der Waals surface area contributed by atoms with Gasteiger partial charge in [0.2, 0.25) is 0 Å². The normalized spacial score (nSPS) is 12.8. The number of hydrogen-bond acceptors (Lipinski definition) is 5. The molecule has 0 bridgehead atoms. The quantitative estimate of drug-likeness (QED) is 0.228. The van der Waals surface area contributed by atoms with Crippen LogP contribution in [0.4, 0.5) is 0 Å². The third kappa shape index (κ3) is 6.37. The van der Waals surface area contributed by atoms with Gasteiger partial charge in [-0.05, 0) is 81.5 Å². The van der Waals surface area contributed by atoms with E-state index in [-0.39, 0.29) is 30.9 Å². The molecule has 1 atom stereocenters. The van der Waals surface area contributed by atoms with Crippen LogP contribution < -0.4 is 5.56 Å². The first-order valence-electron chi connectivity index (χ1n) is 13.3. The first-order valence-corrected chi connectivity index (χ1v) is 14.5. The molecule has 41 heavy (non-hydrogen) atoms. The Kier molecular flexibility index (Phi) is 9.63. The van der Waals surface area contributed by atoms with Crippen molar-refractivity contribution in [2.24, 2.45) is 0 Å². The average molecular weight is 640 g/mol. The second kappa shape index (κ2) is 13.0. The Hall–Kier alpha value is -3.53. The highest BCUT2D eigenvalue weighted by atomic mass is 79.9. The molecule has 0 saturated carbocycles. The number of aromatic nitrogens is 2. The number of rotatable bonds is 11. The lowest BCUT2D eigenvalue weighted by molar-refractivity contribution is -0.152. The fraction of sp³-hybridized carbons (Fsp3) is 0.290. The average Bonchev–Trinajstić information content (AvgIpc) is 2.94. The van der Waals surface area contributed by atoms with Crippen LogP contribution in [0.15, 0.2) is 82.1 Å². The number of aliphatic carboxylic acids is 1. The van der Waals surface area contributed by atoms with E-state index >= 15 is 0 Å². The predicted octanol–water partition coefficient (Wildman–Crippen LogP) is 5.64. The number of fused-ring (bicyclic) bond motifs is 1. The fourth-order valence-corrected chi connectivity index (χ4v) is 5.44. The molecule has 3 aromatic carbocycles. The van der Waals surface area contributed by atoms with E-state index in [0.717, 1.165) is 10.0 Å². The first kappa shape index (κ1) is 30.4. The van der Waals surface area contributed by atoms with E-state index in [0.29, 0.717) is 28.9 Å². The van der Waals surface area contributed by atoms with E-state index in [1.165, 1.54) is 9.47 Å². The number of nitrogens with zero attached hydrogens (tertiary/aromatic N) is 4. The largest absolute Gasteiger partial charge is 0.479 e. The van der Waals surface area contributed by atoms with Crippen molar-refractivity contribution in [1.82, 2.24) is 19.4 Å². The summed E-state index contributed by atoms with van der Waals surface area (Å²) in [5, 5.41) is 11.7. The van der Waals surface area contributed by atoms with Gasteiger partial charge in [0.25, 0.3) is 11.5 Å². The maximum absolute atomic E-state index is 14.2. The molecule has 4 aromatic rings. The van der Waals surface area contributed by atoms with E-state index in [2.05, 4.69) is 15.9 Å². The Labute approximate surface area is 252 Å². The second-order valence-corrected chi connectivity index (χ2v) is 11.5. The maximum atomic E-state index is 14.2. The van der Waals surface area contributed by atoms with Crippen molar-refractivity contribution >= 4 is 50.3 Å². The third-order valence-corrected chi connectivity index (χ3v) is 7.88. The number of carbonyl (C=O) groups is 2. The number of amides is 1. The molecule has 1 heterocycles. The van der Waals surface area contributed by atoms with Crippen LogP contribution in [0, 0.1) is 0 Å². The summed E-state index contributed by atoms with van der Waals surface area (Å²) in [6.07, 6.45) is 0.479. The fourth-order valence-electron chi connectivity index (χ4n) is 5.01. The lowest BCUT2D eigenvalue weighted by Crippen LogP contribution is -2.57. The van der Waals surface area contributed by atoms with Gasteiger partial charge in [0, 0.05) is 21.6 Å². The van der Waals surface area contributed by atoms with Gasteiger partial charge in [0.1, 0.15) is 5.82 Å². The monoisotopic (exact) mass is 638 g/mol. The van der Waals surface area contributed by atoms with E-state index in [9.17, 15) is 19.5 Å². The molecule has 1 aromatic heterocycles. The highest BCUT2D eigenvalue weighted by Gasteiger charge is 2.50. The first-order chi connectivity index (χ1) is 19.6. The summed E-state index contributed by atoms with van der Waals surface area (Å²) in [5.74, 6) is -1.76. The molecule has 1 amide bonds. The number of hydrogen-bond donors (Lipinski definition) is 1. The maximum Gasteiger partial charge on any atom is 0.337 e. The standard InChI is InChI=1S/C31H32BrClN4O4/c1-4-31(30(40)41,37(18-8-17-35(2)3)27(38)22-11-13-23(32)14-12-22)29-34-26-19-24(33)15-16-25(26)28(39)36(29)20-21-9-6-5-7-10-21/h5-7,9-16,19H,4,8,17-18,20H2,1-3H3,(H,40,41). The van der Waals surface area contributed by atoms with Crippen molar-refractivity contribution in [3.05, 3.63) is 110 Å². The summed E-state index contributed by atoms with van der Waals surface area (Å²) in [6, 6.07) is 20.8. The molecular weight excluding hydrogens is 608 g/mol. The third-order valence-electron chi connectivity index (χ3n) is 7.12. The molecule has 0 radical (unpaired) electrons. The van der Waals surface area contributed by atoms with Crippen LogP contribution in [0.5, 0.6) is 0 Å². The van der Waals surface area contributed by atoms with Crippen LogP contribution in [-0.2, 0) is 16.9 Å².